The van der Waals surface area contributed by atoms with E-state index in [9.17, 15) is 9.59 Å². The highest BCUT2D eigenvalue weighted by Gasteiger charge is 2.29. The molecule has 148 valence electrons. The van der Waals surface area contributed by atoms with Crippen molar-refractivity contribution in [1.82, 2.24) is 14.5 Å². The quantitative estimate of drug-likeness (QED) is 0.721. The molecule has 1 aromatic rings. The molecule has 0 saturated carbocycles. The molecular weight excluding hydrogens is 362 g/mol. The summed E-state index contributed by atoms with van der Waals surface area (Å²) in [5, 5.41) is 0. The third-order valence-corrected chi connectivity index (χ3v) is 5.94. The van der Waals surface area contributed by atoms with Crippen molar-refractivity contribution in [2.45, 2.75) is 37.5 Å². The van der Waals surface area contributed by atoms with Crippen LogP contribution in [0.3, 0.4) is 0 Å². The topological polar surface area (TPSA) is 61.9 Å². The number of nitrogens with zero attached hydrogens (tertiary/aromatic N) is 2. The second-order valence-electron chi connectivity index (χ2n) is 7.03. The van der Waals surface area contributed by atoms with Crippen LogP contribution < -0.4 is 4.72 Å². The van der Waals surface area contributed by atoms with Crippen LogP contribution >= 0.6 is 11.9 Å². The Morgan fingerprint density at radius 3 is 2.41 bits per heavy atom. The predicted octanol–water partition coefficient (Wildman–Crippen LogP) is 2.05. The predicted molar refractivity (Wildman–Crippen MR) is 107 cm³/mol. The molecule has 3 rings (SSSR count). The summed E-state index contributed by atoms with van der Waals surface area (Å²) in [6.45, 7) is 3.97. The van der Waals surface area contributed by atoms with Gasteiger partial charge in [-0.3, -0.25) is 14.3 Å². The molecule has 0 spiro atoms. The SMILES string of the molecule is O=C(CC(NSCc1ccccc1)C(=O)N1CCCCC1)N1CCOCC1. The Balaban J connectivity index is 1.58. The van der Waals surface area contributed by atoms with E-state index >= 15 is 0 Å². The van der Waals surface area contributed by atoms with Gasteiger partial charge in [0.2, 0.25) is 11.8 Å². The molecule has 7 heteroatoms. The fraction of sp³-hybridized carbons (Fsp3) is 0.600. The van der Waals surface area contributed by atoms with Gasteiger partial charge in [-0.05, 0) is 24.8 Å². The summed E-state index contributed by atoms with van der Waals surface area (Å²) in [7, 11) is 0. The normalized spacial score (nSPS) is 19.0. The summed E-state index contributed by atoms with van der Waals surface area (Å²) in [6.07, 6.45) is 3.48. The van der Waals surface area contributed by atoms with Crippen molar-refractivity contribution < 1.29 is 14.3 Å². The van der Waals surface area contributed by atoms with E-state index in [1.807, 2.05) is 28.0 Å². The first-order valence-corrected chi connectivity index (χ1v) is 10.8. The third-order valence-electron chi connectivity index (χ3n) is 5.02. The molecule has 1 unspecified atom stereocenters. The molecule has 0 aromatic heterocycles. The lowest BCUT2D eigenvalue weighted by Crippen LogP contribution is -2.50. The molecule has 0 bridgehead atoms. The summed E-state index contributed by atoms with van der Waals surface area (Å²) in [5.74, 6) is 0.842. The van der Waals surface area contributed by atoms with Gasteiger partial charge in [0.1, 0.15) is 6.04 Å². The van der Waals surface area contributed by atoms with Crippen molar-refractivity contribution in [2.24, 2.45) is 0 Å². The fourth-order valence-corrected chi connectivity index (χ4v) is 4.26. The number of morpholine rings is 1. The van der Waals surface area contributed by atoms with Crippen LogP contribution in [0.25, 0.3) is 0 Å². The average molecular weight is 392 g/mol. The number of carbonyl (C=O) groups is 2. The lowest BCUT2D eigenvalue weighted by atomic mass is 10.1. The number of ether oxygens (including phenoxy) is 1. The number of hydrogen-bond donors (Lipinski definition) is 1. The van der Waals surface area contributed by atoms with Gasteiger partial charge in [-0.25, -0.2) is 0 Å². The monoisotopic (exact) mass is 391 g/mol. The van der Waals surface area contributed by atoms with Gasteiger partial charge in [0, 0.05) is 31.9 Å². The van der Waals surface area contributed by atoms with Crippen LogP contribution in [0.2, 0.25) is 0 Å². The maximum atomic E-state index is 13.0. The minimum Gasteiger partial charge on any atom is -0.378 e. The Hall–Kier alpha value is -1.57. The summed E-state index contributed by atoms with van der Waals surface area (Å²) < 4.78 is 8.60. The zero-order valence-electron chi connectivity index (χ0n) is 15.8. The smallest absolute Gasteiger partial charge is 0.241 e. The van der Waals surface area contributed by atoms with Crippen LogP contribution in [0.1, 0.15) is 31.2 Å². The largest absolute Gasteiger partial charge is 0.378 e. The highest BCUT2D eigenvalue weighted by molar-refractivity contribution is 7.96. The molecule has 2 saturated heterocycles. The van der Waals surface area contributed by atoms with Crippen LogP contribution in [-0.4, -0.2) is 67.0 Å². The van der Waals surface area contributed by atoms with Crippen LogP contribution in [0, 0.1) is 0 Å². The lowest BCUT2D eigenvalue weighted by Gasteiger charge is -2.32. The average Bonchev–Trinajstić information content (AvgIpc) is 2.74. The molecule has 0 aliphatic carbocycles. The van der Waals surface area contributed by atoms with Gasteiger partial charge in [0.05, 0.1) is 19.6 Å². The number of piperidine rings is 1. The molecule has 2 fully saturated rings. The molecule has 6 nitrogen and oxygen atoms in total. The van der Waals surface area contributed by atoms with Crippen LogP contribution in [0.4, 0.5) is 0 Å². The zero-order chi connectivity index (χ0) is 18.9. The molecule has 2 aliphatic rings. The minimum atomic E-state index is -0.479. The first-order chi connectivity index (χ1) is 13.2. The van der Waals surface area contributed by atoms with E-state index in [0.29, 0.717) is 26.3 Å². The number of hydrogen-bond acceptors (Lipinski definition) is 5. The Kier molecular flexibility index (Phi) is 7.98. The highest BCUT2D eigenvalue weighted by atomic mass is 32.2. The van der Waals surface area contributed by atoms with Crippen molar-refractivity contribution in [3.63, 3.8) is 0 Å². The van der Waals surface area contributed by atoms with E-state index < -0.39 is 6.04 Å². The lowest BCUT2D eigenvalue weighted by molar-refractivity contribution is -0.141. The van der Waals surface area contributed by atoms with Crippen molar-refractivity contribution in [2.75, 3.05) is 39.4 Å². The van der Waals surface area contributed by atoms with E-state index in [1.165, 1.54) is 23.9 Å². The Labute approximate surface area is 165 Å². The van der Waals surface area contributed by atoms with E-state index in [0.717, 1.165) is 31.7 Å². The van der Waals surface area contributed by atoms with Crippen LogP contribution in [-0.2, 0) is 20.1 Å². The molecule has 1 aromatic carbocycles. The molecule has 2 amide bonds. The summed E-state index contributed by atoms with van der Waals surface area (Å²) in [6, 6.07) is 9.66. The molecular formula is C20H29N3O3S. The third kappa shape index (κ3) is 6.23. The first kappa shape index (κ1) is 20.2. The van der Waals surface area contributed by atoms with E-state index in [-0.39, 0.29) is 18.2 Å². The van der Waals surface area contributed by atoms with Crippen molar-refractivity contribution in [1.29, 1.82) is 0 Å². The van der Waals surface area contributed by atoms with E-state index in [4.69, 9.17) is 4.74 Å². The Morgan fingerprint density at radius 2 is 1.70 bits per heavy atom. The fourth-order valence-electron chi connectivity index (χ4n) is 3.43. The first-order valence-electron chi connectivity index (χ1n) is 9.79. The number of likely N-dealkylation sites (tertiary alicyclic amines) is 1. The van der Waals surface area contributed by atoms with Crippen molar-refractivity contribution >= 4 is 23.8 Å². The number of rotatable bonds is 7. The van der Waals surface area contributed by atoms with E-state index in [2.05, 4.69) is 16.9 Å². The van der Waals surface area contributed by atoms with Crippen LogP contribution in [0.5, 0.6) is 0 Å². The van der Waals surface area contributed by atoms with Crippen LogP contribution in [0.15, 0.2) is 30.3 Å². The van der Waals surface area contributed by atoms with Gasteiger partial charge in [-0.15, -0.1) is 0 Å². The second kappa shape index (κ2) is 10.7. The second-order valence-corrected chi connectivity index (χ2v) is 7.84. The maximum Gasteiger partial charge on any atom is 0.241 e. The molecule has 2 heterocycles. The summed E-state index contributed by atoms with van der Waals surface area (Å²) in [5.41, 5.74) is 1.19. The summed E-state index contributed by atoms with van der Waals surface area (Å²) >= 11 is 1.50. The standard InChI is InChI=1S/C20H29N3O3S/c24-19(22-11-13-26-14-12-22)15-18(20(25)23-9-5-2-6-10-23)21-27-16-17-7-3-1-4-8-17/h1,3-4,7-8,18,21H,2,5-6,9-16H2. The number of nitrogens with one attached hydrogen (secondary N) is 1. The van der Waals surface area contributed by atoms with Gasteiger partial charge < -0.3 is 14.5 Å². The maximum absolute atomic E-state index is 13.0. The Bertz CT molecular complexity index is 602. The van der Waals surface area contributed by atoms with Crippen molar-refractivity contribution in [3.8, 4) is 0 Å². The molecule has 2 aliphatic heterocycles. The van der Waals surface area contributed by atoms with Gasteiger partial charge in [0.25, 0.3) is 0 Å². The molecule has 1 atom stereocenters. The van der Waals surface area contributed by atoms with E-state index in [1.54, 1.807) is 0 Å². The van der Waals surface area contributed by atoms with Gasteiger partial charge >= 0.3 is 0 Å². The molecule has 27 heavy (non-hydrogen) atoms. The number of amides is 2. The Morgan fingerprint density at radius 1 is 1.00 bits per heavy atom. The number of carbonyl (C=O) groups excluding carboxylic acids is 2. The molecule has 1 N–H and O–H groups in total. The van der Waals surface area contributed by atoms with Gasteiger partial charge in [-0.1, -0.05) is 42.3 Å². The minimum absolute atomic E-state index is 0.0291. The van der Waals surface area contributed by atoms with Gasteiger partial charge in [0.15, 0.2) is 0 Å². The van der Waals surface area contributed by atoms with Gasteiger partial charge in [-0.2, -0.15) is 0 Å². The van der Waals surface area contributed by atoms with Crippen molar-refractivity contribution in [3.05, 3.63) is 35.9 Å². The molecule has 0 radical (unpaired) electrons. The number of benzene rings is 1. The zero-order valence-corrected chi connectivity index (χ0v) is 16.6. The highest BCUT2D eigenvalue weighted by Crippen LogP contribution is 2.16. The summed E-state index contributed by atoms with van der Waals surface area (Å²) in [4.78, 5) is 29.4.